The number of nitrogens with two attached hydrogens (primary N) is 1. The highest BCUT2D eigenvalue weighted by molar-refractivity contribution is 5.60. The summed E-state index contributed by atoms with van der Waals surface area (Å²) in [6.07, 6.45) is 0. The van der Waals surface area contributed by atoms with Crippen molar-refractivity contribution in [2.45, 2.75) is 33.6 Å². The molecule has 0 aliphatic rings. The standard InChI is InChI=1S/C14H24N2/c1-5-16(10-9-15)14-12(4)7-6-8-13(14)11(2)3/h6-8,11H,5,9-10,15H2,1-4H3. The van der Waals surface area contributed by atoms with Crippen molar-refractivity contribution in [3.8, 4) is 0 Å². The fourth-order valence-electron chi connectivity index (χ4n) is 2.16. The molecule has 16 heavy (non-hydrogen) atoms. The van der Waals surface area contributed by atoms with Gasteiger partial charge >= 0.3 is 0 Å². The summed E-state index contributed by atoms with van der Waals surface area (Å²) in [5.41, 5.74) is 9.83. The average molecular weight is 220 g/mol. The summed E-state index contributed by atoms with van der Waals surface area (Å²) in [5.74, 6) is 0.557. The Bertz CT molecular complexity index is 332. The number of hydrogen-bond donors (Lipinski definition) is 1. The number of hydrogen-bond acceptors (Lipinski definition) is 2. The third-order valence-electron chi connectivity index (χ3n) is 2.99. The number of para-hydroxylation sites is 1. The summed E-state index contributed by atoms with van der Waals surface area (Å²) in [6.45, 7) is 11.5. The second-order valence-corrected chi connectivity index (χ2v) is 4.54. The Hall–Kier alpha value is -1.02. The molecule has 0 aliphatic carbocycles. The molecule has 0 spiro atoms. The first kappa shape index (κ1) is 13.0. The topological polar surface area (TPSA) is 29.3 Å². The molecule has 2 nitrogen and oxygen atoms in total. The van der Waals surface area contributed by atoms with Gasteiger partial charge in [0.1, 0.15) is 0 Å². The molecular weight excluding hydrogens is 196 g/mol. The van der Waals surface area contributed by atoms with Gasteiger partial charge in [-0.15, -0.1) is 0 Å². The predicted molar refractivity (Wildman–Crippen MR) is 72.2 cm³/mol. The maximum atomic E-state index is 5.68. The van der Waals surface area contributed by atoms with Crippen molar-refractivity contribution in [3.05, 3.63) is 29.3 Å². The van der Waals surface area contributed by atoms with Crippen LogP contribution in [-0.4, -0.2) is 19.6 Å². The zero-order chi connectivity index (χ0) is 12.1. The lowest BCUT2D eigenvalue weighted by Crippen LogP contribution is -2.30. The summed E-state index contributed by atoms with van der Waals surface area (Å²) in [7, 11) is 0. The lowest BCUT2D eigenvalue weighted by Gasteiger charge is -2.28. The first-order valence-corrected chi connectivity index (χ1v) is 6.16. The summed E-state index contributed by atoms with van der Waals surface area (Å²) in [5, 5.41) is 0. The SMILES string of the molecule is CCN(CCN)c1c(C)cccc1C(C)C. The van der Waals surface area contributed by atoms with Gasteiger partial charge < -0.3 is 10.6 Å². The van der Waals surface area contributed by atoms with Gasteiger partial charge in [0.25, 0.3) is 0 Å². The molecule has 0 aliphatic heterocycles. The van der Waals surface area contributed by atoms with E-state index < -0.39 is 0 Å². The van der Waals surface area contributed by atoms with Gasteiger partial charge in [0.2, 0.25) is 0 Å². The van der Waals surface area contributed by atoms with E-state index in [1.54, 1.807) is 0 Å². The van der Waals surface area contributed by atoms with Crippen LogP contribution >= 0.6 is 0 Å². The Morgan fingerprint density at radius 2 is 2.00 bits per heavy atom. The number of likely N-dealkylation sites (N-methyl/N-ethyl adjacent to an activating group) is 1. The molecule has 2 heteroatoms. The van der Waals surface area contributed by atoms with Crippen LogP contribution in [0.5, 0.6) is 0 Å². The second-order valence-electron chi connectivity index (χ2n) is 4.54. The van der Waals surface area contributed by atoms with Crippen molar-refractivity contribution in [2.24, 2.45) is 5.73 Å². The predicted octanol–water partition coefficient (Wildman–Crippen LogP) is 2.90. The summed E-state index contributed by atoms with van der Waals surface area (Å²) < 4.78 is 0. The van der Waals surface area contributed by atoms with Crippen LogP contribution in [0.25, 0.3) is 0 Å². The minimum atomic E-state index is 0.557. The molecule has 0 amide bonds. The first-order chi connectivity index (χ1) is 7.61. The zero-order valence-electron chi connectivity index (χ0n) is 11.0. The Kier molecular flexibility index (Phi) is 4.81. The van der Waals surface area contributed by atoms with Gasteiger partial charge in [-0.3, -0.25) is 0 Å². The van der Waals surface area contributed by atoms with Crippen LogP contribution in [-0.2, 0) is 0 Å². The Balaban J connectivity index is 3.17. The highest BCUT2D eigenvalue weighted by atomic mass is 15.1. The van der Waals surface area contributed by atoms with Gasteiger partial charge in [-0.05, 0) is 30.9 Å². The quantitative estimate of drug-likeness (QED) is 0.826. The maximum absolute atomic E-state index is 5.68. The number of rotatable bonds is 5. The third kappa shape index (κ3) is 2.76. The summed E-state index contributed by atoms with van der Waals surface area (Å²) >= 11 is 0. The van der Waals surface area contributed by atoms with Crippen LogP contribution in [0.4, 0.5) is 5.69 Å². The van der Waals surface area contributed by atoms with E-state index in [4.69, 9.17) is 5.73 Å². The second kappa shape index (κ2) is 5.90. The minimum absolute atomic E-state index is 0.557. The van der Waals surface area contributed by atoms with Gasteiger partial charge in [-0.1, -0.05) is 32.0 Å². The highest BCUT2D eigenvalue weighted by Crippen LogP contribution is 2.30. The Morgan fingerprint density at radius 3 is 2.50 bits per heavy atom. The van der Waals surface area contributed by atoms with E-state index in [1.165, 1.54) is 16.8 Å². The number of aryl methyl sites for hydroxylation is 1. The van der Waals surface area contributed by atoms with Gasteiger partial charge in [-0.2, -0.15) is 0 Å². The average Bonchev–Trinajstić information content (AvgIpc) is 2.26. The van der Waals surface area contributed by atoms with E-state index in [0.717, 1.165) is 13.1 Å². The van der Waals surface area contributed by atoms with E-state index in [0.29, 0.717) is 12.5 Å². The third-order valence-corrected chi connectivity index (χ3v) is 2.99. The van der Waals surface area contributed by atoms with Crippen LogP contribution < -0.4 is 10.6 Å². The maximum Gasteiger partial charge on any atom is 0.0431 e. The lowest BCUT2D eigenvalue weighted by molar-refractivity contribution is 0.786. The van der Waals surface area contributed by atoms with E-state index in [-0.39, 0.29) is 0 Å². The van der Waals surface area contributed by atoms with Gasteiger partial charge in [0.05, 0.1) is 0 Å². The molecule has 0 aromatic heterocycles. The van der Waals surface area contributed by atoms with Crippen LogP contribution in [0.2, 0.25) is 0 Å². The monoisotopic (exact) mass is 220 g/mol. The van der Waals surface area contributed by atoms with E-state index >= 15 is 0 Å². The van der Waals surface area contributed by atoms with E-state index in [1.807, 2.05) is 0 Å². The molecule has 0 fully saturated rings. The fourth-order valence-corrected chi connectivity index (χ4v) is 2.16. The molecule has 1 aromatic carbocycles. The van der Waals surface area contributed by atoms with Crippen molar-refractivity contribution < 1.29 is 0 Å². The van der Waals surface area contributed by atoms with Crippen molar-refractivity contribution in [3.63, 3.8) is 0 Å². The molecule has 0 heterocycles. The van der Waals surface area contributed by atoms with Crippen LogP contribution in [0, 0.1) is 6.92 Å². The minimum Gasteiger partial charge on any atom is -0.370 e. The molecule has 0 bridgehead atoms. The Morgan fingerprint density at radius 1 is 1.31 bits per heavy atom. The van der Waals surface area contributed by atoms with Crippen molar-refractivity contribution in [1.29, 1.82) is 0 Å². The Labute approximate surface area is 99.5 Å². The van der Waals surface area contributed by atoms with Crippen LogP contribution in [0.3, 0.4) is 0 Å². The molecule has 0 unspecified atom stereocenters. The van der Waals surface area contributed by atoms with E-state index in [2.05, 4.69) is 50.8 Å². The molecule has 0 saturated carbocycles. The smallest absolute Gasteiger partial charge is 0.0431 e. The molecule has 1 aromatic rings. The molecule has 0 radical (unpaired) electrons. The van der Waals surface area contributed by atoms with Crippen molar-refractivity contribution in [1.82, 2.24) is 0 Å². The van der Waals surface area contributed by atoms with Crippen molar-refractivity contribution >= 4 is 5.69 Å². The van der Waals surface area contributed by atoms with Gasteiger partial charge in [-0.25, -0.2) is 0 Å². The highest BCUT2D eigenvalue weighted by Gasteiger charge is 2.13. The fraction of sp³-hybridized carbons (Fsp3) is 0.571. The zero-order valence-corrected chi connectivity index (χ0v) is 11.0. The van der Waals surface area contributed by atoms with Crippen LogP contribution in [0.1, 0.15) is 37.8 Å². The van der Waals surface area contributed by atoms with Gasteiger partial charge in [0, 0.05) is 25.3 Å². The molecule has 1 rings (SSSR count). The number of nitrogens with zero attached hydrogens (tertiary/aromatic N) is 1. The summed E-state index contributed by atoms with van der Waals surface area (Å²) in [6, 6.07) is 6.55. The number of anilines is 1. The molecule has 0 atom stereocenters. The summed E-state index contributed by atoms with van der Waals surface area (Å²) in [4.78, 5) is 2.38. The number of benzene rings is 1. The van der Waals surface area contributed by atoms with E-state index in [9.17, 15) is 0 Å². The first-order valence-electron chi connectivity index (χ1n) is 6.16. The normalized spacial score (nSPS) is 10.9. The van der Waals surface area contributed by atoms with Crippen LogP contribution in [0.15, 0.2) is 18.2 Å². The lowest BCUT2D eigenvalue weighted by atomic mass is 9.97. The van der Waals surface area contributed by atoms with Crippen molar-refractivity contribution in [2.75, 3.05) is 24.5 Å². The molecule has 0 saturated heterocycles. The largest absolute Gasteiger partial charge is 0.370 e. The molecule has 90 valence electrons. The molecular formula is C14H24N2. The molecule has 2 N–H and O–H groups in total. The van der Waals surface area contributed by atoms with Gasteiger partial charge in [0.15, 0.2) is 0 Å².